The number of hydrazone groups is 1. The van der Waals surface area contributed by atoms with Crippen molar-refractivity contribution >= 4 is 40.4 Å². The van der Waals surface area contributed by atoms with E-state index in [4.69, 9.17) is 4.42 Å². The van der Waals surface area contributed by atoms with Crippen molar-refractivity contribution in [3.05, 3.63) is 57.4 Å². The van der Waals surface area contributed by atoms with E-state index in [9.17, 15) is 19.7 Å². The summed E-state index contributed by atoms with van der Waals surface area (Å²) in [4.78, 5) is 33.5. The van der Waals surface area contributed by atoms with Crippen LogP contribution in [-0.2, 0) is 9.59 Å². The number of carbonyl (C=O) groups is 2. The Morgan fingerprint density at radius 1 is 1.38 bits per heavy atom. The number of carbonyl (C=O) groups excluding carboxylic acids is 2. The van der Waals surface area contributed by atoms with E-state index in [2.05, 4.69) is 15.8 Å². The van der Waals surface area contributed by atoms with Gasteiger partial charge in [-0.2, -0.15) is 5.10 Å². The first kappa shape index (κ1) is 17.1. The van der Waals surface area contributed by atoms with Crippen molar-refractivity contribution in [2.24, 2.45) is 5.10 Å². The van der Waals surface area contributed by atoms with E-state index >= 15 is 0 Å². The molecule has 0 fully saturated rings. The van der Waals surface area contributed by atoms with Crippen molar-refractivity contribution in [2.45, 2.75) is 0 Å². The highest BCUT2D eigenvalue weighted by Crippen LogP contribution is 2.22. The van der Waals surface area contributed by atoms with Gasteiger partial charge in [0.1, 0.15) is 5.76 Å². The smallest absolute Gasteiger partial charge is 0.324 e. The minimum absolute atomic E-state index is 0.0154. The zero-order chi connectivity index (χ0) is 17.4. The predicted octanol–water partition coefficient (Wildman–Crippen LogP) is 1.53. The summed E-state index contributed by atoms with van der Waals surface area (Å²) in [6.07, 6.45) is 5.47. The average Bonchev–Trinajstić information content (AvgIpc) is 3.22. The molecule has 0 saturated carbocycles. The molecule has 2 aromatic rings. The Balaban J connectivity index is 1.71. The summed E-state index contributed by atoms with van der Waals surface area (Å²) < 4.78 is 5.01. The number of rotatable bonds is 7. The SMILES string of the molecule is O=C(/C=C/c1ccco1)NCC(=O)N/N=C\c1ccc([N+](=O)[O-])s1. The molecule has 0 aromatic carbocycles. The molecular formula is C14H12N4O5S. The highest BCUT2D eigenvalue weighted by Gasteiger charge is 2.08. The lowest BCUT2D eigenvalue weighted by Gasteiger charge is -2.00. The normalized spacial score (nSPS) is 11.0. The third-order valence-electron chi connectivity index (χ3n) is 2.54. The molecular weight excluding hydrogens is 336 g/mol. The Morgan fingerprint density at radius 3 is 2.88 bits per heavy atom. The number of hydrogen-bond acceptors (Lipinski definition) is 7. The maximum absolute atomic E-state index is 11.5. The van der Waals surface area contributed by atoms with Crippen molar-refractivity contribution in [1.82, 2.24) is 10.7 Å². The van der Waals surface area contributed by atoms with Crippen LogP contribution in [-0.4, -0.2) is 29.5 Å². The minimum atomic E-state index is -0.531. The van der Waals surface area contributed by atoms with Crippen LogP contribution in [0.3, 0.4) is 0 Å². The highest BCUT2D eigenvalue weighted by molar-refractivity contribution is 7.16. The van der Waals surface area contributed by atoms with Gasteiger partial charge in [0.15, 0.2) is 0 Å². The van der Waals surface area contributed by atoms with E-state index < -0.39 is 16.7 Å². The topological polar surface area (TPSA) is 127 Å². The third kappa shape index (κ3) is 5.50. The summed E-state index contributed by atoms with van der Waals surface area (Å²) >= 11 is 0.929. The lowest BCUT2D eigenvalue weighted by molar-refractivity contribution is -0.380. The maximum Gasteiger partial charge on any atom is 0.324 e. The van der Waals surface area contributed by atoms with Gasteiger partial charge in [-0.25, -0.2) is 5.43 Å². The molecule has 2 heterocycles. The fourth-order valence-corrected chi connectivity index (χ4v) is 2.18. The van der Waals surface area contributed by atoms with E-state index in [1.54, 1.807) is 12.1 Å². The highest BCUT2D eigenvalue weighted by atomic mass is 32.1. The molecule has 0 atom stereocenters. The Hall–Kier alpha value is -3.27. The van der Waals surface area contributed by atoms with Crippen molar-refractivity contribution in [1.29, 1.82) is 0 Å². The second-order valence-corrected chi connectivity index (χ2v) is 5.39. The minimum Gasteiger partial charge on any atom is -0.465 e. The van der Waals surface area contributed by atoms with Gasteiger partial charge >= 0.3 is 5.00 Å². The van der Waals surface area contributed by atoms with Crippen molar-refractivity contribution < 1.29 is 18.9 Å². The Bertz CT molecular complexity index is 779. The number of thiophene rings is 1. The summed E-state index contributed by atoms with van der Waals surface area (Å²) in [6, 6.07) is 6.23. The first-order valence-corrected chi connectivity index (χ1v) is 7.42. The zero-order valence-corrected chi connectivity index (χ0v) is 13.0. The van der Waals surface area contributed by atoms with E-state index in [0.717, 1.165) is 11.3 Å². The van der Waals surface area contributed by atoms with Crippen LogP contribution in [0, 0.1) is 10.1 Å². The van der Waals surface area contributed by atoms with Crippen LogP contribution in [0.4, 0.5) is 5.00 Å². The summed E-state index contributed by atoms with van der Waals surface area (Å²) in [6.45, 7) is -0.261. The van der Waals surface area contributed by atoms with Gasteiger partial charge in [-0.15, -0.1) is 0 Å². The van der Waals surface area contributed by atoms with E-state index in [1.807, 2.05) is 0 Å². The van der Waals surface area contributed by atoms with Gasteiger partial charge in [0.2, 0.25) is 5.91 Å². The second kappa shape index (κ2) is 8.39. The second-order valence-electron chi connectivity index (χ2n) is 4.29. The number of hydrogen-bond donors (Lipinski definition) is 2. The molecule has 0 spiro atoms. The van der Waals surface area contributed by atoms with Crippen molar-refractivity contribution in [3.8, 4) is 0 Å². The summed E-state index contributed by atoms with van der Waals surface area (Å²) in [5.74, 6) is -0.472. The monoisotopic (exact) mass is 348 g/mol. The van der Waals surface area contributed by atoms with E-state index in [-0.39, 0.29) is 11.5 Å². The van der Waals surface area contributed by atoms with Gasteiger partial charge in [0.05, 0.1) is 28.8 Å². The molecule has 9 nitrogen and oxygen atoms in total. The molecule has 0 aliphatic carbocycles. The number of nitro groups is 1. The van der Waals surface area contributed by atoms with Gasteiger partial charge in [-0.3, -0.25) is 19.7 Å². The summed E-state index contributed by atoms with van der Waals surface area (Å²) in [5, 5.41) is 16.5. The van der Waals surface area contributed by atoms with Gasteiger partial charge in [0, 0.05) is 12.1 Å². The van der Waals surface area contributed by atoms with Crippen LogP contribution in [0.1, 0.15) is 10.6 Å². The molecule has 0 aliphatic rings. The number of nitrogens with one attached hydrogen (secondary N) is 2. The third-order valence-corrected chi connectivity index (χ3v) is 3.51. The quantitative estimate of drug-likeness (QED) is 0.339. The Kier molecular flexibility index (Phi) is 5.97. The van der Waals surface area contributed by atoms with E-state index in [0.29, 0.717) is 10.6 Å². The molecule has 0 radical (unpaired) electrons. The molecule has 24 heavy (non-hydrogen) atoms. The van der Waals surface area contributed by atoms with Crippen LogP contribution in [0.5, 0.6) is 0 Å². The standard InChI is InChI=1S/C14H12N4O5S/c19-12(5-3-10-2-1-7-23-10)15-9-13(20)17-16-8-11-4-6-14(24-11)18(21)22/h1-8H,9H2,(H,15,19)(H,17,20)/b5-3+,16-8-. The van der Waals surface area contributed by atoms with Crippen LogP contribution >= 0.6 is 11.3 Å². The van der Waals surface area contributed by atoms with Gasteiger partial charge in [-0.05, 0) is 24.3 Å². The largest absolute Gasteiger partial charge is 0.465 e. The van der Waals surface area contributed by atoms with Crippen LogP contribution < -0.4 is 10.7 Å². The van der Waals surface area contributed by atoms with Crippen LogP contribution in [0.15, 0.2) is 46.1 Å². The molecule has 0 aliphatic heterocycles. The fourth-order valence-electron chi connectivity index (χ4n) is 1.49. The number of nitrogens with zero attached hydrogens (tertiary/aromatic N) is 2. The van der Waals surface area contributed by atoms with Gasteiger partial charge in [-0.1, -0.05) is 11.3 Å². The average molecular weight is 348 g/mol. The molecule has 2 amide bonds. The summed E-state index contributed by atoms with van der Waals surface area (Å²) in [7, 11) is 0. The lowest BCUT2D eigenvalue weighted by atomic mass is 10.4. The molecule has 2 aromatic heterocycles. The fraction of sp³-hybridized carbons (Fsp3) is 0.0714. The first-order chi connectivity index (χ1) is 11.5. The maximum atomic E-state index is 11.5. The molecule has 0 bridgehead atoms. The molecule has 0 unspecified atom stereocenters. The zero-order valence-electron chi connectivity index (χ0n) is 12.2. The number of amides is 2. The number of furan rings is 1. The molecule has 2 rings (SSSR count). The first-order valence-electron chi connectivity index (χ1n) is 6.60. The van der Waals surface area contributed by atoms with Crippen molar-refractivity contribution in [2.75, 3.05) is 6.54 Å². The molecule has 0 saturated heterocycles. The molecule has 10 heteroatoms. The van der Waals surface area contributed by atoms with Crippen LogP contribution in [0.2, 0.25) is 0 Å². The lowest BCUT2D eigenvalue weighted by Crippen LogP contribution is -2.33. The van der Waals surface area contributed by atoms with Gasteiger partial charge in [0.25, 0.3) is 5.91 Å². The Labute approximate surface area is 139 Å². The van der Waals surface area contributed by atoms with Crippen LogP contribution in [0.25, 0.3) is 6.08 Å². The van der Waals surface area contributed by atoms with E-state index in [1.165, 1.54) is 36.8 Å². The van der Waals surface area contributed by atoms with Gasteiger partial charge < -0.3 is 9.73 Å². The predicted molar refractivity (Wildman–Crippen MR) is 87.5 cm³/mol. The molecule has 2 N–H and O–H groups in total. The summed E-state index contributed by atoms with van der Waals surface area (Å²) in [5.41, 5.74) is 2.20. The van der Waals surface area contributed by atoms with Crippen molar-refractivity contribution in [3.63, 3.8) is 0 Å². The Morgan fingerprint density at radius 2 is 2.21 bits per heavy atom. The molecule has 124 valence electrons.